The van der Waals surface area contributed by atoms with E-state index < -0.39 is 6.04 Å². The molecule has 0 spiro atoms. The van der Waals surface area contributed by atoms with Crippen LogP contribution in [-0.4, -0.2) is 44.1 Å². The monoisotopic (exact) mass is 427 g/mol. The topological polar surface area (TPSA) is 80.1 Å². The van der Waals surface area contributed by atoms with Crippen LogP contribution in [0.3, 0.4) is 0 Å². The number of aromatic nitrogens is 3. The molecule has 0 saturated carbocycles. The molecule has 0 aliphatic carbocycles. The Morgan fingerprint density at radius 1 is 1.21 bits per heavy atom. The number of thiophene rings is 1. The molecule has 150 valence electrons. The highest BCUT2D eigenvalue weighted by Gasteiger charge is 2.33. The number of carbonyl (C=O) groups is 2. The molecule has 2 amide bonds. The third-order valence-corrected chi connectivity index (χ3v) is 6.72. The highest BCUT2D eigenvalue weighted by atomic mass is 32.2. The smallest absolute Gasteiger partial charge is 0.264 e. The number of anilines is 1. The van der Waals surface area contributed by atoms with E-state index in [1.54, 1.807) is 11.2 Å². The number of carbonyl (C=O) groups excluding carboxylic acids is 2. The van der Waals surface area contributed by atoms with Gasteiger partial charge >= 0.3 is 0 Å². The number of hydrogen-bond donors (Lipinski definition) is 1. The van der Waals surface area contributed by atoms with Gasteiger partial charge in [-0.25, -0.2) is 0 Å². The van der Waals surface area contributed by atoms with E-state index >= 15 is 0 Å². The largest absolute Gasteiger partial charge is 0.326 e. The van der Waals surface area contributed by atoms with E-state index in [4.69, 9.17) is 0 Å². The lowest BCUT2D eigenvalue weighted by molar-refractivity contribution is -0.121. The number of benzene rings is 1. The van der Waals surface area contributed by atoms with Crippen molar-refractivity contribution in [1.29, 1.82) is 0 Å². The van der Waals surface area contributed by atoms with Crippen LogP contribution in [0, 0.1) is 0 Å². The van der Waals surface area contributed by atoms with Crippen LogP contribution in [0.25, 0.3) is 0 Å². The third-order valence-electron chi connectivity index (χ3n) is 4.80. The zero-order chi connectivity index (χ0) is 20.2. The molecule has 1 unspecified atom stereocenters. The first-order chi connectivity index (χ1) is 14.1. The predicted molar refractivity (Wildman–Crippen MR) is 113 cm³/mol. The van der Waals surface area contributed by atoms with E-state index in [1.807, 2.05) is 53.4 Å². The maximum absolute atomic E-state index is 12.9. The van der Waals surface area contributed by atoms with Crippen LogP contribution in [-0.2, 0) is 11.8 Å². The second kappa shape index (κ2) is 8.79. The van der Waals surface area contributed by atoms with E-state index in [9.17, 15) is 9.59 Å². The van der Waals surface area contributed by atoms with E-state index in [0.29, 0.717) is 23.5 Å². The molecule has 9 heteroatoms. The van der Waals surface area contributed by atoms with E-state index in [0.717, 1.165) is 22.9 Å². The molecule has 4 rings (SSSR count). The van der Waals surface area contributed by atoms with Gasteiger partial charge in [0.1, 0.15) is 12.4 Å². The molecule has 1 N–H and O–H groups in total. The molecule has 1 atom stereocenters. The van der Waals surface area contributed by atoms with Gasteiger partial charge in [-0.2, -0.15) is 0 Å². The number of rotatable bonds is 5. The van der Waals surface area contributed by atoms with Crippen molar-refractivity contribution in [3.8, 4) is 0 Å². The summed E-state index contributed by atoms with van der Waals surface area (Å²) in [6.45, 7) is 0.613. The summed E-state index contributed by atoms with van der Waals surface area (Å²) in [6.07, 6.45) is 4.21. The highest BCUT2D eigenvalue weighted by molar-refractivity contribution is 7.99. The first-order valence-electron chi connectivity index (χ1n) is 9.39. The van der Waals surface area contributed by atoms with Crippen LogP contribution in [0.5, 0.6) is 0 Å². The average Bonchev–Trinajstić information content (AvgIpc) is 3.41. The van der Waals surface area contributed by atoms with Crippen molar-refractivity contribution in [2.24, 2.45) is 7.05 Å². The fraction of sp³-hybridized carbons (Fsp3) is 0.300. The Morgan fingerprint density at radius 2 is 2.03 bits per heavy atom. The van der Waals surface area contributed by atoms with Crippen LogP contribution in [0.1, 0.15) is 28.9 Å². The highest BCUT2D eigenvalue weighted by Crippen LogP contribution is 2.27. The zero-order valence-corrected chi connectivity index (χ0v) is 17.6. The maximum atomic E-state index is 12.9. The summed E-state index contributed by atoms with van der Waals surface area (Å²) in [4.78, 5) is 29.1. The molecule has 1 aliphatic rings. The molecule has 1 aliphatic heterocycles. The van der Waals surface area contributed by atoms with Crippen molar-refractivity contribution in [3.63, 3.8) is 0 Å². The summed E-state index contributed by atoms with van der Waals surface area (Å²) in [6, 6.07) is 10.8. The SMILES string of the molecule is Cn1cnnc1Sc1ccc(NC(=O)C2CCCCN2C(=O)c2cccs2)cc1. The number of hydrogen-bond acceptors (Lipinski definition) is 6. The van der Waals surface area contributed by atoms with Crippen molar-refractivity contribution in [2.75, 3.05) is 11.9 Å². The Hall–Kier alpha value is -2.65. The number of nitrogens with zero attached hydrogens (tertiary/aromatic N) is 4. The zero-order valence-electron chi connectivity index (χ0n) is 15.9. The Labute approximate surface area is 177 Å². The quantitative estimate of drug-likeness (QED) is 0.672. The van der Waals surface area contributed by atoms with Crippen LogP contribution in [0.15, 0.2) is 58.2 Å². The van der Waals surface area contributed by atoms with Gasteiger partial charge in [-0.3, -0.25) is 9.59 Å². The van der Waals surface area contributed by atoms with Crippen LogP contribution < -0.4 is 5.32 Å². The number of aryl methyl sites for hydroxylation is 1. The number of piperidine rings is 1. The van der Waals surface area contributed by atoms with E-state index in [2.05, 4.69) is 15.5 Å². The van der Waals surface area contributed by atoms with Gasteiger partial charge in [0.15, 0.2) is 5.16 Å². The average molecular weight is 428 g/mol. The second-order valence-electron chi connectivity index (χ2n) is 6.83. The lowest BCUT2D eigenvalue weighted by Gasteiger charge is -2.34. The second-order valence-corrected chi connectivity index (χ2v) is 8.82. The van der Waals surface area contributed by atoms with Crippen molar-refractivity contribution >= 4 is 40.6 Å². The summed E-state index contributed by atoms with van der Waals surface area (Å²) in [5.41, 5.74) is 0.714. The summed E-state index contributed by atoms with van der Waals surface area (Å²) in [5, 5.41) is 13.6. The van der Waals surface area contributed by atoms with E-state index in [-0.39, 0.29) is 11.8 Å². The molecule has 1 aromatic carbocycles. The van der Waals surface area contributed by atoms with Gasteiger partial charge in [0.05, 0.1) is 4.88 Å². The fourth-order valence-electron chi connectivity index (χ4n) is 3.29. The van der Waals surface area contributed by atoms with Crippen LogP contribution in [0.4, 0.5) is 5.69 Å². The minimum Gasteiger partial charge on any atom is -0.326 e. The number of likely N-dealkylation sites (tertiary alicyclic amines) is 1. The van der Waals surface area contributed by atoms with Crippen molar-refractivity contribution in [2.45, 2.75) is 35.4 Å². The van der Waals surface area contributed by atoms with Crippen molar-refractivity contribution in [3.05, 3.63) is 53.0 Å². The van der Waals surface area contributed by atoms with Gasteiger partial charge in [-0.15, -0.1) is 21.5 Å². The van der Waals surface area contributed by atoms with Crippen LogP contribution >= 0.6 is 23.1 Å². The molecular formula is C20H21N5O2S2. The fourth-order valence-corrected chi connectivity index (χ4v) is 4.73. The molecule has 0 radical (unpaired) electrons. The minimum absolute atomic E-state index is 0.0599. The lowest BCUT2D eigenvalue weighted by atomic mass is 10.0. The molecular weight excluding hydrogens is 406 g/mol. The maximum Gasteiger partial charge on any atom is 0.264 e. The third kappa shape index (κ3) is 4.51. The molecule has 7 nitrogen and oxygen atoms in total. The normalized spacial score (nSPS) is 16.6. The predicted octanol–water partition coefficient (Wildman–Crippen LogP) is 3.66. The Kier molecular flexibility index (Phi) is 5.96. The molecule has 2 aromatic heterocycles. The standard InChI is InChI=1S/C20H21N5O2S2/c1-24-13-21-23-20(24)29-15-9-7-14(8-10-15)22-18(26)16-5-2-3-11-25(16)19(27)17-6-4-12-28-17/h4,6-10,12-13,16H,2-3,5,11H2,1H3,(H,22,26). The van der Waals surface area contributed by atoms with Gasteiger partial charge in [0.25, 0.3) is 5.91 Å². The lowest BCUT2D eigenvalue weighted by Crippen LogP contribution is -2.49. The van der Waals surface area contributed by atoms with Gasteiger partial charge in [0.2, 0.25) is 5.91 Å². The molecule has 3 aromatic rings. The minimum atomic E-state index is -0.439. The van der Waals surface area contributed by atoms with Gasteiger partial charge < -0.3 is 14.8 Å². The molecule has 1 fully saturated rings. The summed E-state index contributed by atoms with van der Waals surface area (Å²) in [5.74, 6) is -0.196. The van der Waals surface area contributed by atoms with Crippen LogP contribution in [0.2, 0.25) is 0 Å². The first kappa shape index (κ1) is 19.7. The van der Waals surface area contributed by atoms with Gasteiger partial charge in [-0.1, -0.05) is 6.07 Å². The van der Waals surface area contributed by atoms with Gasteiger partial charge in [0, 0.05) is 24.2 Å². The first-order valence-corrected chi connectivity index (χ1v) is 11.1. The van der Waals surface area contributed by atoms with Gasteiger partial charge in [-0.05, 0) is 66.7 Å². The summed E-state index contributed by atoms with van der Waals surface area (Å²) >= 11 is 2.91. The summed E-state index contributed by atoms with van der Waals surface area (Å²) < 4.78 is 1.85. The Bertz CT molecular complexity index is 985. The number of nitrogens with one attached hydrogen (secondary N) is 1. The molecule has 3 heterocycles. The Balaban J connectivity index is 1.42. The van der Waals surface area contributed by atoms with Crippen molar-refractivity contribution < 1.29 is 9.59 Å². The Morgan fingerprint density at radius 3 is 2.72 bits per heavy atom. The number of amides is 2. The molecule has 0 bridgehead atoms. The molecule has 1 saturated heterocycles. The van der Waals surface area contributed by atoms with E-state index in [1.165, 1.54) is 23.1 Å². The summed E-state index contributed by atoms with van der Waals surface area (Å²) in [7, 11) is 1.89. The van der Waals surface area contributed by atoms with Crippen molar-refractivity contribution in [1.82, 2.24) is 19.7 Å². The molecule has 29 heavy (non-hydrogen) atoms.